The van der Waals surface area contributed by atoms with Crippen molar-refractivity contribution in [2.75, 3.05) is 11.9 Å². The molecule has 0 saturated carbocycles. The Hall–Kier alpha value is -3.60. The highest BCUT2D eigenvalue weighted by atomic mass is 19.4. The van der Waals surface area contributed by atoms with Gasteiger partial charge in [0.1, 0.15) is 18.1 Å². The number of carbonyl (C=O) groups is 1. The van der Waals surface area contributed by atoms with Crippen LogP contribution in [0.2, 0.25) is 0 Å². The van der Waals surface area contributed by atoms with E-state index in [1.807, 2.05) is 5.32 Å². The Bertz CT molecular complexity index is 945. The monoisotopic (exact) mass is 426 g/mol. The number of hydrogen-bond acceptors (Lipinski definition) is 6. The van der Waals surface area contributed by atoms with Crippen LogP contribution < -0.4 is 10.1 Å². The molecule has 30 heavy (non-hydrogen) atoms. The predicted molar refractivity (Wildman–Crippen MR) is 100 cm³/mol. The Kier molecular flexibility index (Phi) is 7.37. The number of hydrogen-bond donors (Lipinski definition) is 3. The molecule has 0 atom stereocenters. The molecule has 160 valence electrons. The van der Waals surface area contributed by atoms with Crippen LogP contribution in [0.4, 0.5) is 24.5 Å². The number of aliphatic hydroxyl groups excluding tert-OH is 1. The van der Waals surface area contributed by atoms with Crippen LogP contribution in [0.25, 0.3) is 0 Å². The maximum Gasteiger partial charge on any atom is 0.431 e. The number of rotatable bonds is 9. The zero-order valence-electron chi connectivity index (χ0n) is 15.3. The SMILES string of the molecule is O=C(O)C=C(Nc1cc(CCO)c([N+](=O)[O-])cc1OCc1ccccc1)C(F)(F)F. The first kappa shape index (κ1) is 22.7. The number of ether oxygens (including phenoxy) is 1. The summed E-state index contributed by atoms with van der Waals surface area (Å²) in [5, 5.41) is 31.1. The Balaban J connectivity index is 2.51. The standard InChI is InChI=1S/C19H17F3N2O6/c20-19(21,22)17(10-18(26)27)23-14-8-13(6-7-25)15(24(28)29)9-16(14)30-11-12-4-2-1-3-5-12/h1-5,8-10,23,25H,6-7,11H2,(H,26,27). The van der Waals surface area contributed by atoms with Crippen molar-refractivity contribution in [3.8, 4) is 5.75 Å². The van der Waals surface area contributed by atoms with Crippen molar-refractivity contribution in [1.82, 2.24) is 0 Å². The second-order valence-electron chi connectivity index (χ2n) is 6.00. The van der Waals surface area contributed by atoms with Crippen LogP contribution in [0.15, 0.2) is 54.2 Å². The third-order valence-electron chi connectivity index (χ3n) is 3.84. The number of anilines is 1. The number of nitro groups is 1. The molecule has 0 aliphatic carbocycles. The van der Waals surface area contributed by atoms with Gasteiger partial charge in [-0.1, -0.05) is 30.3 Å². The molecular formula is C19H17F3N2O6. The fourth-order valence-electron chi connectivity index (χ4n) is 2.51. The molecule has 0 amide bonds. The molecule has 0 radical (unpaired) electrons. The number of aliphatic carboxylic acids is 1. The van der Waals surface area contributed by atoms with E-state index in [0.29, 0.717) is 5.56 Å². The van der Waals surface area contributed by atoms with Gasteiger partial charge >= 0.3 is 12.1 Å². The average Bonchev–Trinajstić information content (AvgIpc) is 2.66. The average molecular weight is 426 g/mol. The normalized spacial score (nSPS) is 11.8. The minimum atomic E-state index is -5.03. The topological polar surface area (TPSA) is 122 Å². The van der Waals surface area contributed by atoms with E-state index in [4.69, 9.17) is 14.9 Å². The van der Waals surface area contributed by atoms with Crippen LogP contribution >= 0.6 is 0 Å². The van der Waals surface area contributed by atoms with Crippen molar-refractivity contribution >= 4 is 17.3 Å². The van der Waals surface area contributed by atoms with Gasteiger partial charge in [0.15, 0.2) is 0 Å². The van der Waals surface area contributed by atoms with Gasteiger partial charge in [-0.25, -0.2) is 4.79 Å². The van der Waals surface area contributed by atoms with Crippen molar-refractivity contribution in [3.63, 3.8) is 0 Å². The summed E-state index contributed by atoms with van der Waals surface area (Å²) in [5.74, 6) is -2.12. The van der Waals surface area contributed by atoms with E-state index in [1.165, 1.54) is 0 Å². The Morgan fingerprint density at radius 1 is 1.23 bits per heavy atom. The molecule has 0 aromatic heterocycles. The maximum atomic E-state index is 13.2. The van der Waals surface area contributed by atoms with Crippen LogP contribution in [0.5, 0.6) is 5.75 Å². The molecule has 0 fully saturated rings. The summed E-state index contributed by atoms with van der Waals surface area (Å²) in [5.41, 5.74) is -1.77. The fraction of sp³-hybridized carbons (Fsp3) is 0.211. The molecule has 2 aromatic carbocycles. The van der Waals surface area contributed by atoms with E-state index in [0.717, 1.165) is 12.1 Å². The lowest BCUT2D eigenvalue weighted by atomic mass is 10.1. The van der Waals surface area contributed by atoms with E-state index in [-0.39, 0.29) is 36.1 Å². The van der Waals surface area contributed by atoms with Gasteiger partial charge in [0.2, 0.25) is 0 Å². The molecule has 0 aliphatic heterocycles. The lowest BCUT2D eigenvalue weighted by molar-refractivity contribution is -0.385. The minimum Gasteiger partial charge on any atom is -0.486 e. The highest BCUT2D eigenvalue weighted by Crippen LogP contribution is 2.37. The molecular weight excluding hydrogens is 409 g/mol. The number of nitrogens with one attached hydrogen (secondary N) is 1. The summed E-state index contributed by atoms with van der Waals surface area (Å²) in [7, 11) is 0. The van der Waals surface area contributed by atoms with Gasteiger partial charge in [-0.3, -0.25) is 10.1 Å². The largest absolute Gasteiger partial charge is 0.486 e. The molecule has 0 unspecified atom stereocenters. The molecule has 2 rings (SSSR count). The van der Waals surface area contributed by atoms with Crippen molar-refractivity contribution in [1.29, 1.82) is 0 Å². The first-order valence-corrected chi connectivity index (χ1v) is 8.49. The predicted octanol–water partition coefficient (Wildman–Crippen LogP) is 3.65. The van der Waals surface area contributed by atoms with Crippen LogP contribution in [0.1, 0.15) is 11.1 Å². The Morgan fingerprint density at radius 2 is 1.90 bits per heavy atom. The van der Waals surface area contributed by atoms with Crippen molar-refractivity contribution in [3.05, 3.63) is 75.5 Å². The summed E-state index contributed by atoms with van der Waals surface area (Å²) < 4.78 is 45.2. The van der Waals surface area contributed by atoms with Crippen LogP contribution in [-0.2, 0) is 17.8 Å². The molecule has 0 aliphatic rings. The van der Waals surface area contributed by atoms with Gasteiger partial charge < -0.3 is 20.3 Å². The number of benzene rings is 2. The summed E-state index contributed by atoms with van der Waals surface area (Å²) in [4.78, 5) is 21.4. The number of carboxylic acid groups (broad SMARTS) is 1. The zero-order chi connectivity index (χ0) is 22.3. The van der Waals surface area contributed by atoms with E-state index in [9.17, 15) is 28.1 Å². The number of alkyl halides is 3. The fourth-order valence-corrected chi connectivity index (χ4v) is 2.51. The zero-order valence-corrected chi connectivity index (χ0v) is 15.3. The van der Waals surface area contributed by atoms with Gasteiger partial charge in [-0.2, -0.15) is 13.2 Å². The van der Waals surface area contributed by atoms with Gasteiger partial charge in [-0.05, 0) is 11.6 Å². The van der Waals surface area contributed by atoms with Gasteiger partial charge in [-0.15, -0.1) is 0 Å². The minimum absolute atomic E-state index is 0.0473. The van der Waals surface area contributed by atoms with E-state index < -0.39 is 35.1 Å². The number of carboxylic acids is 1. The quantitative estimate of drug-likeness (QED) is 0.318. The molecule has 0 saturated heterocycles. The smallest absolute Gasteiger partial charge is 0.431 e. The molecule has 2 aromatic rings. The number of aliphatic hydroxyl groups is 1. The van der Waals surface area contributed by atoms with Gasteiger partial charge in [0, 0.05) is 18.6 Å². The number of nitro benzene ring substituents is 1. The molecule has 0 heterocycles. The van der Waals surface area contributed by atoms with E-state index >= 15 is 0 Å². The van der Waals surface area contributed by atoms with Crippen LogP contribution in [0, 0.1) is 10.1 Å². The lowest BCUT2D eigenvalue weighted by Gasteiger charge is -2.18. The first-order valence-electron chi connectivity index (χ1n) is 8.49. The van der Waals surface area contributed by atoms with Gasteiger partial charge in [0.05, 0.1) is 22.8 Å². The maximum absolute atomic E-state index is 13.2. The molecule has 0 bridgehead atoms. The van der Waals surface area contributed by atoms with Crippen molar-refractivity contribution in [2.45, 2.75) is 19.2 Å². The summed E-state index contributed by atoms with van der Waals surface area (Å²) in [6, 6.07) is 10.5. The molecule has 0 spiro atoms. The highest BCUT2D eigenvalue weighted by molar-refractivity contribution is 5.82. The molecule has 8 nitrogen and oxygen atoms in total. The van der Waals surface area contributed by atoms with Gasteiger partial charge in [0.25, 0.3) is 5.69 Å². The lowest BCUT2D eigenvalue weighted by Crippen LogP contribution is -2.21. The van der Waals surface area contributed by atoms with Crippen LogP contribution in [0.3, 0.4) is 0 Å². The summed E-state index contributed by atoms with van der Waals surface area (Å²) >= 11 is 0. The molecule has 11 heteroatoms. The van der Waals surface area contributed by atoms with E-state index in [1.54, 1.807) is 30.3 Å². The number of nitrogens with zero attached hydrogens (tertiary/aromatic N) is 1. The summed E-state index contributed by atoms with van der Waals surface area (Å²) in [6.45, 7) is -0.586. The second kappa shape index (κ2) is 9.74. The highest BCUT2D eigenvalue weighted by Gasteiger charge is 2.35. The Morgan fingerprint density at radius 3 is 2.43 bits per heavy atom. The first-order chi connectivity index (χ1) is 14.1. The van der Waals surface area contributed by atoms with Crippen LogP contribution in [-0.4, -0.2) is 33.9 Å². The number of allylic oxidation sites excluding steroid dienone is 1. The third kappa shape index (κ3) is 6.21. The molecule has 3 N–H and O–H groups in total. The van der Waals surface area contributed by atoms with E-state index in [2.05, 4.69) is 0 Å². The third-order valence-corrected chi connectivity index (χ3v) is 3.84. The number of halogens is 3. The second-order valence-corrected chi connectivity index (χ2v) is 6.00. The van der Waals surface area contributed by atoms with Crippen molar-refractivity contribution in [2.24, 2.45) is 0 Å². The Labute approximate surface area is 168 Å². The van der Waals surface area contributed by atoms with Crippen molar-refractivity contribution < 1.29 is 37.8 Å². The summed E-state index contributed by atoms with van der Waals surface area (Å²) in [6.07, 6.45) is -5.30.